The lowest BCUT2D eigenvalue weighted by atomic mass is 10.2. The molecule has 18 heavy (non-hydrogen) atoms. The first-order valence-electron chi connectivity index (χ1n) is 6.66. The highest BCUT2D eigenvalue weighted by Crippen LogP contribution is 2.13. The highest BCUT2D eigenvalue weighted by Gasteiger charge is 2.21. The third-order valence-electron chi connectivity index (χ3n) is 2.84. The van der Waals surface area contributed by atoms with Crippen LogP contribution in [-0.4, -0.2) is 42.1 Å². The summed E-state index contributed by atoms with van der Waals surface area (Å²) in [5.41, 5.74) is 0. The summed E-state index contributed by atoms with van der Waals surface area (Å²) in [6, 6.07) is 0. The zero-order chi connectivity index (χ0) is 13.8. The van der Waals surface area contributed by atoms with Crippen LogP contribution in [0, 0.1) is 0 Å². The van der Waals surface area contributed by atoms with Gasteiger partial charge in [0.1, 0.15) is 0 Å². The molecule has 0 aliphatic rings. The summed E-state index contributed by atoms with van der Waals surface area (Å²) in [4.78, 5) is 4.77. The Labute approximate surface area is 113 Å². The van der Waals surface area contributed by atoms with Gasteiger partial charge < -0.3 is 0 Å². The molecule has 0 rings (SSSR count). The van der Waals surface area contributed by atoms with E-state index in [2.05, 4.69) is 43.0 Å². The Kier molecular flexibility index (Phi) is 10.3. The van der Waals surface area contributed by atoms with E-state index >= 15 is 0 Å². The average molecular weight is 248 g/mol. The lowest BCUT2D eigenvalue weighted by Crippen LogP contribution is -2.48. The zero-order valence-corrected chi connectivity index (χ0v) is 11.9. The second-order valence-corrected chi connectivity index (χ2v) is 4.33. The standard InChI is InChI=1S/C16H28N2/c1-6-11-16(17(12-7-2)13-8-3)18(14-9-4)15-10-5/h7-10,16H,2-6,11-15H2,1H3. The Hall–Kier alpha value is -1.12. The zero-order valence-electron chi connectivity index (χ0n) is 11.9. The Balaban J connectivity index is 4.90. The van der Waals surface area contributed by atoms with Crippen LogP contribution in [0.5, 0.6) is 0 Å². The maximum atomic E-state index is 3.84. The molecule has 0 N–H and O–H groups in total. The van der Waals surface area contributed by atoms with Gasteiger partial charge in [-0.25, -0.2) is 0 Å². The van der Waals surface area contributed by atoms with E-state index in [9.17, 15) is 0 Å². The van der Waals surface area contributed by atoms with Gasteiger partial charge in [0.25, 0.3) is 0 Å². The van der Waals surface area contributed by atoms with Crippen molar-refractivity contribution in [3.05, 3.63) is 50.6 Å². The van der Waals surface area contributed by atoms with Gasteiger partial charge in [-0.3, -0.25) is 9.80 Å². The van der Waals surface area contributed by atoms with Crippen molar-refractivity contribution in [1.82, 2.24) is 9.80 Å². The SMILES string of the molecule is C=CCN(CC=C)C(CCC)N(CC=C)CC=C. The topological polar surface area (TPSA) is 6.48 Å². The lowest BCUT2D eigenvalue weighted by Gasteiger charge is -2.38. The van der Waals surface area contributed by atoms with Crippen LogP contribution < -0.4 is 0 Å². The molecule has 0 spiro atoms. The largest absolute Gasteiger partial charge is 0.280 e. The highest BCUT2D eigenvalue weighted by atomic mass is 15.3. The minimum absolute atomic E-state index is 0.391. The Morgan fingerprint density at radius 3 is 1.33 bits per heavy atom. The minimum Gasteiger partial charge on any atom is -0.280 e. The van der Waals surface area contributed by atoms with E-state index in [1.165, 1.54) is 0 Å². The van der Waals surface area contributed by atoms with Gasteiger partial charge in [0.15, 0.2) is 0 Å². The van der Waals surface area contributed by atoms with Gasteiger partial charge in [-0.1, -0.05) is 37.6 Å². The van der Waals surface area contributed by atoms with Crippen LogP contribution in [-0.2, 0) is 0 Å². The number of hydrogen-bond donors (Lipinski definition) is 0. The molecule has 2 heteroatoms. The van der Waals surface area contributed by atoms with Crippen molar-refractivity contribution in [2.24, 2.45) is 0 Å². The van der Waals surface area contributed by atoms with Gasteiger partial charge in [0, 0.05) is 26.2 Å². The fourth-order valence-electron chi connectivity index (χ4n) is 2.15. The molecule has 0 fully saturated rings. The molecule has 0 aromatic rings. The Bertz CT molecular complexity index is 214. The van der Waals surface area contributed by atoms with Crippen LogP contribution in [0.3, 0.4) is 0 Å². The molecule has 0 radical (unpaired) electrons. The summed E-state index contributed by atoms with van der Waals surface area (Å²) in [5.74, 6) is 0. The fraction of sp³-hybridized carbons (Fsp3) is 0.500. The molecule has 0 saturated heterocycles. The van der Waals surface area contributed by atoms with Gasteiger partial charge in [-0.15, -0.1) is 26.3 Å². The monoisotopic (exact) mass is 248 g/mol. The molecule has 0 aromatic carbocycles. The van der Waals surface area contributed by atoms with Crippen molar-refractivity contribution in [2.45, 2.75) is 25.9 Å². The van der Waals surface area contributed by atoms with Crippen molar-refractivity contribution in [3.63, 3.8) is 0 Å². The average Bonchev–Trinajstić information content (AvgIpc) is 2.36. The maximum absolute atomic E-state index is 3.84. The molecular formula is C16H28N2. The van der Waals surface area contributed by atoms with E-state index < -0.39 is 0 Å². The van der Waals surface area contributed by atoms with Gasteiger partial charge in [-0.05, 0) is 6.42 Å². The van der Waals surface area contributed by atoms with E-state index in [-0.39, 0.29) is 0 Å². The molecule has 0 aliphatic heterocycles. The van der Waals surface area contributed by atoms with Crippen LogP contribution in [0.25, 0.3) is 0 Å². The molecule has 0 unspecified atom stereocenters. The van der Waals surface area contributed by atoms with E-state index in [1.807, 2.05) is 24.3 Å². The number of rotatable bonds is 12. The summed E-state index contributed by atoms with van der Waals surface area (Å²) < 4.78 is 0. The first-order valence-corrected chi connectivity index (χ1v) is 6.66. The molecule has 0 heterocycles. The molecule has 0 aliphatic carbocycles. The third-order valence-corrected chi connectivity index (χ3v) is 2.84. The molecule has 0 aromatic heterocycles. The number of hydrogen-bond acceptors (Lipinski definition) is 2. The van der Waals surface area contributed by atoms with E-state index in [0.29, 0.717) is 6.17 Å². The van der Waals surface area contributed by atoms with Crippen molar-refractivity contribution in [3.8, 4) is 0 Å². The Morgan fingerprint density at radius 1 is 0.778 bits per heavy atom. The summed E-state index contributed by atoms with van der Waals surface area (Å²) >= 11 is 0. The van der Waals surface area contributed by atoms with Gasteiger partial charge in [0.2, 0.25) is 0 Å². The van der Waals surface area contributed by atoms with Gasteiger partial charge in [-0.2, -0.15) is 0 Å². The summed E-state index contributed by atoms with van der Waals surface area (Å²) in [5, 5.41) is 0. The van der Waals surface area contributed by atoms with E-state index in [1.54, 1.807) is 0 Å². The lowest BCUT2D eigenvalue weighted by molar-refractivity contribution is 0.0693. The maximum Gasteiger partial charge on any atom is 0.0633 e. The number of nitrogens with zero attached hydrogens (tertiary/aromatic N) is 2. The van der Waals surface area contributed by atoms with Crippen LogP contribution in [0.1, 0.15) is 19.8 Å². The minimum atomic E-state index is 0.391. The van der Waals surface area contributed by atoms with Gasteiger partial charge in [0.05, 0.1) is 6.17 Å². The van der Waals surface area contributed by atoms with Crippen molar-refractivity contribution in [1.29, 1.82) is 0 Å². The van der Waals surface area contributed by atoms with E-state index in [4.69, 9.17) is 0 Å². The van der Waals surface area contributed by atoms with Crippen LogP contribution in [0.15, 0.2) is 50.6 Å². The second kappa shape index (κ2) is 11.0. The molecule has 0 bridgehead atoms. The predicted octanol–water partition coefficient (Wildman–Crippen LogP) is 3.46. The molecule has 0 atom stereocenters. The molecular weight excluding hydrogens is 220 g/mol. The fourth-order valence-corrected chi connectivity index (χ4v) is 2.15. The van der Waals surface area contributed by atoms with Crippen molar-refractivity contribution >= 4 is 0 Å². The summed E-state index contributed by atoms with van der Waals surface area (Å²) in [6.07, 6.45) is 10.5. The second-order valence-electron chi connectivity index (χ2n) is 4.33. The normalized spacial score (nSPS) is 10.9. The van der Waals surface area contributed by atoms with E-state index in [0.717, 1.165) is 39.0 Å². The summed E-state index contributed by atoms with van der Waals surface area (Å²) in [7, 11) is 0. The molecule has 0 amide bonds. The predicted molar refractivity (Wildman–Crippen MR) is 82.6 cm³/mol. The van der Waals surface area contributed by atoms with Crippen molar-refractivity contribution < 1.29 is 0 Å². The first kappa shape index (κ1) is 16.9. The Morgan fingerprint density at radius 2 is 1.11 bits per heavy atom. The van der Waals surface area contributed by atoms with Crippen LogP contribution in [0.4, 0.5) is 0 Å². The summed E-state index contributed by atoms with van der Waals surface area (Å²) in [6.45, 7) is 21.1. The van der Waals surface area contributed by atoms with Crippen LogP contribution in [0.2, 0.25) is 0 Å². The quantitative estimate of drug-likeness (QED) is 0.385. The van der Waals surface area contributed by atoms with Crippen LogP contribution >= 0.6 is 0 Å². The molecule has 2 nitrogen and oxygen atoms in total. The first-order chi connectivity index (χ1) is 8.74. The smallest absolute Gasteiger partial charge is 0.0633 e. The molecule has 102 valence electrons. The van der Waals surface area contributed by atoms with Crippen molar-refractivity contribution in [2.75, 3.05) is 26.2 Å². The van der Waals surface area contributed by atoms with Gasteiger partial charge >= 0.3 is 0 Å². The highest BCUT2D eigenvalue weighted by molar-refractivity contribution is 4.89. The molecule has 0 saturated carbocycles. The third kappa shape index (κ3) is 5.99.